The van der Waals surface area contributed by atoms with Crippen molar-refractivity contribution in [3.63, 3.8) is 0 Å². The molecule has 25 heavy (non-hydrogen) atoms. The Hall–Kier alpha value is -1.40. The zero-order valence-corrected chi connectivity index (χ0v) is 16.6. The highest BCUT2D eigenvalue weighted by atomic mass is 32.2. The van der Waals surface area contributed by atoms with Crippen molar-refractivity contribution in [2.75, 3.05) is 24.6 Å². The molecule has 0 radical (unpaired) electrons. The Morgan fingerprint density at radius 1 is 1.32 bits per heavy atom. The predicted octanol–water partition coefficient (Wildman–Crippen LogP) is 2.79. The number of benzene rings is 1. The fraction of sp³-hybridized carbons (Fsp3) is 0.632. The zero-order valence-electron chi connectivity index (χ0n) is 15.8. The molecule has 1 aromatic rings. The number of ether oxygens (including phenoxy) is 1. The fourth-order valence-corrected chi connectivity index (χ4v) is 3.85. The van der Waals surface area contributed by atoms with Crippen LogP contribution in [0.5, 0.6) is 5.75 Å². The maximum absolute atomic E-state index is 10.5. The molecule has 140 valence electrons. The highest BCUT2D eigenvalue weighted by Crippen LogP contribution is 2.27. The van der Waals surface area contributed by atoms with E-state index in [1.54, 1.807) is 11.8 Å². The highest BCUT2D eigenvalue weighted by molar-refractivity contribution is 7.99. The van der Waals surface area contributed by atoms with Crippen LogP contribution in [-0.4, -0.2) is 46.9 Å². The highest BCUT2D eigenvalue weighted by Gasteiger charge is 2.31. The van der Waals surface area contributed by atoms with Gasteiger partial charge in [0.1, 0.15) is 11.4 Å². The van der Waals surface area contributed by atoms with Crippen molar-refractivity contribution in [1.82, 2.24) is 10.6 Å². The first-order chi connectivity index (χ1) is 11.8. The van der Waals surface area contributed by atoms with Crippen molar-refractivity contribution < 1.29 is 9.84 Å². The number of guanidine groups is 1. The topological polar surface area (TPSA) is 65.9 Å². The van der Waals surface area contributed by atoms with Gasteiger partial charge in [-0.1, -0.05) is 18.2 Å². The summed E-state index contributed by atoms with van der Waals surface area (Å²) in [5.74, 6) is 3.38. The normalized spacial score (nSPS) is 21.2. The van der Waals surface area contributed by atoms with E-state index in [0.29, 0.717) is 13.1 Å². The minimum atomic E-state index is -0.631. The van der Waals surface area contributed by atoms with E-state index in [1.807, 2.05) is 52.0 Å². The second kappa shape index (κ2) is 8.81. The van der Waals surface area contributed by atoms with Gasteiger partial charge in [0.25, 0.3) is 0 Å². The van der Waals surface area contributed by atoms with Gasteiger partial charge in [0.15, 0.2) is 5.96 Å². The van der Waals surface area contributed by atoms with Crippen LogP contribution in [0.4, 0.5) is 0 Å². The summed E-state index contributed by atoms with van der Waals surface area (Å²) < 4.78 is 6.03. The smallest absolute Gasteiger partial charge is 0.191 e. The average molecular weight is 366 g/mol. The predicted molar refractivity (Wildman–Crippen MR) is 107 cm³/mol. The first-order valence-electron chi connectivity index (χ1n) is 8.90. The molecular weight excluding hydrogens is 334 g/mol. The molecule has 6 heteroatoms. The third-order valence-electron chi connectivity index (χ3n) is 3.81. The molecular formula is C19H31N3O2S. The summed E-state index contributed by atoms with van der Waals surface area (Å²) in [7, 11) is 0. The van der Waals surface area contributed by atoms with E-state index in [2.05, 4.69) is 15.6 Å². The van der Waals surface area contributed by atoms with Crippen LogP contribution in [0.1, 0.15) is 39.7 Å². The summed E-state index contributed by atoms with van der Waals surface area (Å²) in [5, 5.41) is 17.0. The van der Waals surface area contributed by atoms with Crippen molar-refractivity contribution in [2.24, 2.45) is 4.99 Å². The number of aliphatic imine (C=N–C) groups is 1. The van der Waals surface area contributed by atoms with Gasteiger partial charge in [-0.3, -0.25) is 0 Å². The molecule has 2 rings (SSSR count). The second-order valence-electron chi connectivity index (χ2n) is 7.40. The fourth-order valence-electron chi connectivity index (χ4n) is 2.55. The van der Waals surface area contributed by atoms with Gasteiger partial charge in [0, 0.05) is 24.4 Å². The van der Waals surface area contributed by atoms with E-state index < -0.39 is 5.60 Å². The molecule has 0 bridgehead atoms. The first kappa shape index (κ1) is 19.9. The monoisotopic (exact) mass is 365 g/mol. The van der Waals surface area contributed by atoms with Crippen LogP contribution < -0.4 is 15.4 Å². The molecule has 1 fully saturated rings. The summed E-state index contributed by atoms with van der Waals surface area (Å²) in [5.41, 5.74) is 0.171. The lowest BCUT2D eigenvalue weighted by Crippen LogP contribution is -2.47. The third-order valence-corrected chi connectivity index (χ3v) is 5.04. The van der Waals surface area contributed by atoms with Crippen molar-refractivity contribution in [1.29, 1.82) is 0 Å². The molecule has 0 amide bonds. The zero-order chi connectivity index (χ0) is 18.3. The molecule has 5 nitrogen and oxygen atoms in total. The van der Waals surface area contributed by atoms with E-state index in [1.165, 1.54) is 0 Å². The number of nitrogens with one attached hydrogen (secondary N) is 2. The van der Waals surface area contributed by atoms with Crippen molar-refractivity contribution >= 4 is 17.7 Å². The van der Waals surface area contributed by atoms with Gasteiger partial charge in [-0.2, -0.15) is 11.8 Å². The molecule has 1 heterocycles. The van der Waals surface area contributed by atoms with Gasteiger partial charge >= 0.3 is 0 Å². The van der Waals surface area contributed by atoms with E-state index in [-0.39, 0.29) is 5.60 Å². The van der Waals surface area contributed by atoms with Gasteiger partial charge < -0.3 is 20.5 Å². The number of hydrogen-bond donors (Lipinski definition) is 3. The maximum Gasteiger partial charge on any atom is 0.191 e. The van der Waals surface area contributed by atoms with Crippen molar-refractivity contribution in [2.45, 2.75) is 51.9 Å². The van der Waals surface area contributed by atoms with E-state index in [9.17, 15) is 5.11 Å². The van der Waals surface area contributed by atoms with E-state index in [4.69, 9.17) is 4.74 Å². The molecule has 1 unspecified atom stereocenters. The maximum atomic E-state index is 10.5. The SMILES string of the molecule is CCNC(=NCc1ccccc1OC(C)(C)C)NCC1(O)CCSC1. The Morgan fingerprint density at radius 2 is 2.08 bits per heavy atom. The molecule has 0 aliphatic carbocycles. The molecule has 3 N–H and O–H groups in total. The van der Waals surface area contributed by atoms with Gasteiger partial charge in [-0.15, -0.1) is 0 Å². The van der Waals surface area contributed by atoms with Crippen molar-refractivity contribution in [3.05, 3.63) is 29.8 Å². The average Bonchev–Trinajstić information content (AvgIpc) is 2.97. The van der Waals surface area contributed by atoms with Crippen LogP contribution in [-0.2, 0) is 6.54 Å². The Labute approximate surface area is 155 Å². The summed E-state index contributed by atoms with van der Waals surface area (Å²) in [6, 6.07) is 7.99. The molecule has 1 aromatic carbocycles. The van der Waals surface area contributed by atoms with Crippen LogP contribution in [0.15, 0.2) is 29.3 Å². The molecule has 1 aliphatic rings. The Balaban J connectivity index is 2.03. The van der Waals surface area contributed by atoms with Gasteiger partial charge in [0.2, 0.25) is 0 Å². The number of thioether (sulfide) groups is 1. The Morgan fingerprint density at radius 3 is 2.72 bits per heavy atom. The number of rotatable bonds is 6. The summed E-state index contributed by atoms with van der Waals surface area (Å²) in [6.07, 6.45) is 0.826. The number of para-hydroxylation sites is 1. The van der Waals surface area contributed by atoms with Crippen LogP contribution in [0.25, 0.3) is 0 Å². The molecule has 1 saturated heterocycles. The summed E-state index contributed by atoms with van der Waals surface area (Å²) in [6.45, 7) is 9.98. The lowest BCUT2D eigenvalue weighted by molar-refractivity contribution is 0.0724. The Bertz CT molecular complexity index is 578. The summed E-state index contributed by atoms with van der Waals surface area (Å²) >= 11 is 1.80. The number of nitrogens with zero attached hydrogens (tertiary/aromatic N) is 1. The molecule has 0 saturated carbocycles. The summed E-state index contributed by atoms with van der Waals surface area (Å²) in [4.78, 5) is 4.66. The minimum Gasteiger partial charge on any atom is -0.488 e. The lowest BCUT2D eigenvalue weighted by Gasteiger charge is -2.24. The van der Waals surface area contributed by atoms with Crippen LogP contribution >= 0.6 is 11.8 Å². The molecule has 1 aliphatic heterocycles. The molecule has 0 spiro atoms. The minimum absolute atomic E-state index is 0.244. The van der Waals surface area contributed by atoms with Gasteiger partial charge in [-0.05, 0) is 45.9 Å². The first-order valence-corrected chi connectivity index (χ1v) is 10.1. The van der Waals surface area contributed by atoms with Gasteiger partial charge in [0.05, 0.1) is 12.1 Å². The molecule has 1 atom stereocenters. The van der Waals surface area contributed by atoms with E-state index >= 15 is 0 Å². The van der Waals surface area contributed by atoms with Crippen LogP contribution in [0.3, 0.4) is 0 Å². The molecule has 0 aromatic heterocycles. The second-order valence-corrected chi connectivity index (χ2v) is 8.50. The van der Waals surface area contributed by atoms with E-state index in [0.717, 1.165) is 41.7 Å². The van der Waals surface area contributed by atoms with Gasteiger partial charge in [-0.25, -0.2) is 4.99 Å². The van der Waals surface area contributed by atoms with Crippen LogP contribution in [0, 0.1) is 0 Å². The van der Waals surface area contributed by atoms with Crippen molar-refractivity contribution in [3.8, 4) is 5.75 Å². The lowest BCUT2D eigenvalue weighted by atomic mass is 10.0. The standard InChI is InChI=1S/C19H31N3O2S/c1-5-20-17(22-13-19(23)10-11-25-14-19)21-12-15-8-6-7-9-16(15)24-18(2,3)4/h6-9,23H,5,10-14H2,1-4H3,(H2,20,21,22). The number of hydrogen-bond acceptors (Lipinski definition) is 4. The third kappa shape index (κ3) is 6.78. The van der Waals surface area contributed by atoms with Crippen LogP contribution in [0.2, 0.25) is 0 Å². The number of aliphatic hydroxyl groups is 1. The largest absolute Gasteiger partial charge is 0.488 e. The quantitative estimate of drug-likeness (QED) is 0.534. The Kier molecular flexibility index (Phi) is 7.02.